The maximum absolute atomic E-state index is 9.59. The van der Waals surface area contributed by atoms with Gasteiger partial charge in [-0.1, -0.05) is 6.42 Å². The van der Waals surface area contributed by atoms with Crippen LogP contribution in [-0.4, -0.2) is 72.9 Å². The first-order chi connectivity index (χ1) is 9.52. The molecule has 2 rings (SSSR count). The van der Waals surface area contributed by atoms with Crippen LogP contribution in [0.5, 0.6) is 0 Å². The highest BCUT2D eigenvalue weighted by molar-refractivity contribution is 4.92. The summed E-state index contributed by atoms with van der Waals surface area (Å²) < 4.78 is 0. The number of likely N-dealkylation sites (N-methyl/N-ethyl adjacent to an activating group) is 1. The zero-order valence-corrected chi connectivity index (χ0v) is 13.6. The number of hydrogen-bond donors (Lipinski definition) is 2. The number of aliphatic hydroxyl groups excluding tert-OH is 1. The van der Waals surface area contributed by atoms with E-state index >= 15 is 0 Å². The Bertz CT molecular complexity index is 293. The minimum atomic E-state index is -0.0572. The Hall–Kier alpha value is -0.160. The van der Waals surface area contributed by atoms with Crippen molar-refractivity contribution in [2.75, 3.05) is 40.3 Å². The van der Waals surface area contributed by atoms with E-state index in [0.29, 0.717) is 6.04 Å². The number of rotatable bonds is 9. The summed E-state index contributed by atoms with van der Waals surface area (Å²) in [4.78, 5) is 4.94. The molecule has 0 spiro atoms. The van der Waals surface area contributed by atoms with E-state index in [4.69, 9.17) is 0 Å². The molecule has 1 heterocycles. The summed E-state index contributed by atoms with van der Waals surface area (Å²) in [5.41, 5.74) is -0.0572. The van der Waals surface area contributed by atoms with Crippen LogP contribution >= 0.6 is 0 Å². The molecule has 2 atom stereocenters. The third-order valence-corrected chi connectivity index (χ3v) is 4.91. The van der Waals surface area contributed by atoms with Gasteiger partial charge in [-0.25, -0.2) is 0 Å². The Balaban J connectivity index is 1.58. The highest BCUT2D eigenvalue weighted by atomic mass is 16.3. The third kappa shape index (κ3) is 4.99. The first kappa shape index (κ1) is 16.2. The van der Waals surface area contributed by atoms with E-state index in [1.807, 2.05) is 0 Å². The largest absolute Gasteiger partial charge is 0.394 e. The lowest BCUT2D eigenvalue weighted by Gasteiger charge is -2.29. The molecule has 0 aromatic carbocycles. The van der Waals surface area contributed by atoms with E-state index in [-0.39, 0.29) is 12.1 Å². The molecule has 2 unspecified atom stereocenters. The smallest absolute Gasteiger partial charge is 0.0610 e. The third-order valence-electron chi connectivity index (χ3n) is 4.91. The van der Waals surface area contributed by atoms with Crippen LogP contribution in [0.4, 0.5) is 0 Å². The van der Waals surface area contributed by atoms with E-state index in [0.717, 1.165) is 12.5 Å². The maximum Gasteiger partial charge on any atom is 0.0610 e. The Kier molecular flexibility index (Phi) is 5.84. The molecule has 1 saturated heterocycles. The first-order valence-corrected chi connectivity index (χ1v) is 8.30. The average Bonchev–Trinajstić information content (AvgIpc) is 3.08. The Morgan fingerprint density at radius 1 is 1.25 bits per heavy atom. The zero-order valence-electron chi connectivity index (χ0n) is 13.6. The molecule has 0 aromatic rings. The van der Waals surface area contributed by atoms with Gasteiger partial charge in [0, 0.05) is 24.2 Å². The van der Waals surface area contributed by atoms with Gasteiger partial charge in [0.15, 0.2) is 0 Å². The van der Waals surface area contributed by atoms with E-state index in [2.05, 4.69) is 36.1 Å². The lowest BCUT2D eigenvalue weighted by atomic mass is 9.95. The number of unbranched alkanes of at least 4 members (excludes halogenated alkanes) is 1. The zero-order chi connectivity index (χ0) is 14.6. The van der Waals surface area contributed by atoms with Crippen molar-refractivity contribution in [3.05, 3.63) is 0 Å². The fraction of sp³-hybridized carbons (Fsp3) is 1.00. The topological polar surface area (TPSA) is 38.7 Å². The van der Waals surface area contributed by atoms with Gasteiger partial charge >= 0.3 is 0 Å². The van der Waals surface area contributed by atoms with Crippen molar-refractivity contribution in [1.82, 2.24) is 15.1 Å². The molecule has 2 aliphatic rings. The van der Waals surface area contributed by atoms with Crippen molar-refractivity contribution in [2.24, 2.45) is 0 Å². The van der Waals surface area contributed by atoms with Gasteiger partial charge in [-0.05, 0) is 66.2 Å². The van der Waals surface area contributed by atoms with Gasteiger partial charge in [-0.3, -0.25) is 0 Å². The van der Waals surface area contributed by atoms with Gasteiger partial charge in [0.25, 0.3) is 0 Å². The molecule has 118 valence electrons. The molecular weight excluding hydrogens is 250 g/mol. The summed E-state index contributed by atoms with van der Waals surface area (Å²) >= 11 is 0. The predicted octanol–water partition coefficient (Wildman–Crippen LogP) is 1.30. The number of likely N-dealkylation sites (tertiary alicyclic amines) is 1. The predicted molar refractivity (Wildman–Crippen MR) is 84.0 cm³/mol. The van der Waals surface area contributed by atoms with Crippen LogP contribution in [0.15, 0.2) is 0 Å². The normalized spacial score (nSPS) is 27.1. The van der Waals surface area contributed by atoms with Gasteiger partial charge in [0.1, 0.15) is 0 Å². The van der Waals surface area contributed by atoms with Gasteiger partial charge in [-0.15, -0.1) is 0 Å². The van der Waals surface area contributed by atoms with Crippen molar-refractivity contribution in [3.8, 4) is 0 Å². The second-order valence-electron chi connectivity index (χ2n) is 7.30. The summed E-state index contributed by atoms with van der Waals surface area (Å²) in [6.45, 7) is 6.12. The standard InChI is InChI=1S/C16H33N3O/c1-16(13-20,17-14-6-7-14)9-4-5-10-19-11-8-15(12-19)18(2)3/h14-15,17,20H,4-13H2,1-3H3. The van der Waals surface area contributed by atoms with E-state index in [1.165, 1.54) is 51.7 Å². The van der Waals surface area contributed by atoms with Crippen LogP contribution in [0.3, 0.4) is 0 Å². The Labute approximate surface area is 124 Å². The van der Waals surface area contributed by atoms with Crippen molar-refractivity contribution < 1.29 is 5.11 Å². The highest BCUT2D eigenvalue weighted by Crippen LogP contribution is 2.25. The lowest BCUT2D eigenvalue weighted by Crippen LogP contribution is -2.47. The van der Waals surface area contributed by atoms with Crippen LogP contribution in [0.1, 0.15) is 45.4 Å². The molecule has 4 heteroatoms. The number of hydrogen-bond acceptors (Lipinski definition) is 4. The quantitative estimate of drug-likeness (QED) is 0.626. The highest BCUT2D eigenvalue weighted by Gasteiger charge is 2.31. The summed E-state index contributed by atoms with van der Waals surface area (Å²) in [5.74, 6) is 0. The molecule has 1 saturated carbocycles. The second kappa shape index (κ2) is 7.21. The molecule has 20 heavy (non-hydrogen) atoms. The van der Waals surface area contributed by atoms with Gasteiger partial charge < -0.3 is 20.2 Å². The molecule has 0 amide bonds. The molecule has 1 aliphatic heterocycles. The molecular formula is C16H33N3O. The minimum Gasteiger partial charge on any atom is -0.394 e. The van der Waals surface area contributed by atoms with E-state index in [1.54, 1.807) is 0 Å². The number of nitrogens with one attached hydrogen (secondary N) is 1. The van der Waals surface area contributed by atoms with Gasteiger partial charge in [-0.2, -0.15) is 0 Å². The van der Waals surface area contributed by atoms with Gasteiger partial charge in [0.05, 0.1) is 6.61 Å². The van der Waals surface area contributed by atoms with Crippen LogP contribution < -0.4 is 5.32 Å². The first-order valence-electron chi connectivity index (χ1n) is 8.30. The van der Waals surface area contributed by atoms with Crippen LogP contribution in [0, 0.1) is 0 Å². The molecule has 0 radical (unpaired) electrons. The Morgan fingerprint density at radius 3 is 2.55 bits per heavy atom. The van der Waals surface area contributed by atoms with Crippen molar-refractivity contribution in [1.29, 1.82) is 0 Å². The van der Waals surface area contributed by atoms with E-state index < -0.39 is 0 Å². The molecule has 4 nitrogen and oxygen atoms in total. The fourth-order valence-corrected chi connectivity index (χ4v) is 3.20. The number of aliphatic hydroxyl groups is 1. The lowest BCUT2D eigenvalue weighted by molar-refractivity contribution is 0.159. The Morgan fingerprint density at radius 2 is 2.00 bits per heavy atom. The molecule has 1 aliphatic carbocycles. The fourth-order valence-electron chi connectivity index (χ4n) is 3.20. The summed E-state index contributed by atoms with van der Waals surface area (Å²) in [5, 5.41) is 13.2. The van der Waals surface area contributed by atoms with Gasteiger partial charge in [0.2, 0.25) is 0 Å². The summed E-state index contributed by atoms with van der Waals surface area (Å²) in [6, 6.07) is 1.42. The SMILES string of the molecule is CN(C)C1CCN(CCCCC(C)(CO)NC2CC2)C1. The van der Waals surface area contributed by atoms with Crippen molar-refractivity contribution in [3.63, 3.8) is 0 Å². The van der Waals surface area contributed by atoms with E-state index in [9.17, 15) is 5.11 Å². The molecule has 2 N–H and O–H groups in total. The molecule has 0 bridgehead atoms. The summed E-state index contributed by atoms with van der Waals surface area (Å²) in [7, 11) is 4.37. The molecule has 0 aromatic heterocycles. The van der Waals surface area contributed by atoms with Crippen LogP contribution in [0.2, 0.25) is 0 Å². The minimum absolute atomic E-state index is 0.0572. The van der Waals surface area contributed by atoms with Crippen molar-refractivity contribution in [2.45, 2.75) is 63.1 Å². The van der Waals surface area contributed by atoms with Crippen molar-refractivity contribution >= 4 is 0 Å². The maximum atomic E-state index is 9.59. The summed E-state index contributed by atoms with van der Waals surface area (Å²) in [6.07, 6.45) is 7.43. The van der Waals surface area contributed by atoms with Crippen LogP contribution in [0.25, 0.3) is 0 Å². The van der Waals surface area contributed by atoms with Crippen LogP contribution in [-0.2, 0) is 0 Å². The second-order valence-corrected chi connectivity index (χ2v) is 7.30. The number of nitrogens with zero attached hydrogens (tertiary/aromatic N) is 2. The molecule has 2 fully saturated rings. The average molecular weight is 283 g/mol. The monoisotopic (exact) mass is 283 g/mol.